The van der Waals surface area contributed by atoms with Gasteiger partial charge in [-0.3, -0.25) is 0 Å². The molecule has 0 heterocycles. The van der Waals surface area contributed by atoms with Gasteiger partial charge in [-0.1, -0.05) is 23.8 Å². The van der Waals surface area contributed by atoms with Gasteiger partial charge >= 0.3 is 0 Å². The van der Waals surface area contributed by atoms with E-state index in [1.807, 2.05) is 54.6 Å². The van der Waals surface area contributed by atoms with E-state index in [1.54, 1.807) is 12.1 Å². The predicted octanol–water partition coefficient (Wildman–Crippen LogP) is 3.11. The van der Waals surface area contributed by atoms with E-state index in [1.165, 1.54) is 0 Å². The minimum absolute atomic E-state index is 0.0904. The van der Waals surface area contributed by atoms with Gasteiger partial charge in [-0.15, -0.1) is 0 Å². The van der Waals surface area contributed by atoms with Gasteiger partial charge in [0.25, 0.3) is 0 Å². The second-order valence-electron chi connectivity index (χ2n) is 3.31. The van der Waals surface area contributed by atoms with Gasteiger partial charge in [0.2, 0.25) is 0 Å². The molecule has 0 bridgehead atoms. The molecule has 0 unspecified atom stereocenters. The summed E-state index contributed by atoms with van der Waals surface area (Å²) < 4.78 is 24.6. The van der Waals surface area contributed by atoms with Crippen LogP contribution in [0.1, 0.15) is 12.5 Å². The van der Waals surface area contributed by atoms with Crippen LogP contribution in [0, 0.1) is 6.92 Å². The van der Waals surface area contributed by atoms with Crippen molar-refractivity contribution in [3.63, 3.8) is 0 Å². The fourth-order valence-electron chi connectivity index (χ4n) is 1.09. The topological polar surface area (TPSA) is 34.1 Å². The zero-order valence-corrected chi connectivity index (χ0v) is 11.7. The lowest BCUT2D eigenvalue weighted by Crippen LogP contribution is -2.06. The largest absolute Gasteiger partial charge is 0.223 e. The first kappa shape index (κ1) is 12.7. The van der Waals surface area contributed by atoms with E-state index in [0.717, 1.165) is 9.14 Å². The number of rotatable bonds is 3. The number of hydrogen-bond acceptors (Lipinski definition) is 2. The number of halogens is 1. The first-order chi connectivity index (χ1) is 6.95. The molecule has 1 rings (SSSR count). The summed E-state index contributed by atoms with van der Waals surface area (Å²) >= 11 is 2.05. The van der Waals surface area contributed by atoms with Crippen molar-refractivity contribution < 1.29 is 8.42 Å². The van der Waals surface area contributed by atoms with E-state index in [2.05, 4.69) is 0 Å². The summed E-state index contributed by atoms with van der Waals surface area (Å²) in [5.41, 5.74) is 1.06. The van der Waals surface area contributed by atoms with Crippen LogP contribution in [0.2, 0.25) is 0 Å². The van der Waals surface area contributed by atoms with Crippen molar-refractivity contribution in [3.05, 3.63) is 39.5 Å². The Morgan fingerprint density at radius 3 is 2.33 bits per heavy atom. The van der Waals surface area contributed by atoms with Crippen LogP contribution in [0.3, 0.4) is 0 Å². The Bertz CT molecular complexity index is 458. The SMILES string of the molecule is C/C=C(\I)CS(=O)(=O)c1ccc(C)cc1. The molecule has 0 aliphatic rings. The van der Waals surface area contributed by atoms with Crippen molar-refractivity contribution in [2.45, 2.75) is 18.7 Å². The Kier molecular flexibility index (Phi) is 4.33. The van der Waals surface area contributed by atoms with E-state index in [9.17, 15) is 8.42 Å². The molecule has 0 aliphatic heterocycles. The van der Waals surface area contributed by atoms with Crippen LogP contribution in [0.25, 0.3) is 0 Å². The number of benzene rings is 1. The van der Waals surface area contributed by atoms with Crippen LogP contribution >= 0.6 is 22.6 Å². The summed E-state index contributed by atoms with van der Waals surface area (Å²) in [6, 6.07) is 6.94. The molecule has 0 amide bonds. The maximum absolute atomic E-state index is 11.9. The standard InChI is InChI=1S/C11H13IO2S/c1-3-10(12)8-15(13,14)11-6-4-9(2)5-7-11/h3-7H,8H2,1-2H3/b10-3-. The fraction of sp³-hybridized carbons (Fsp3) is 0.273. The van der Waals surface area contributed by atoms with E-state index in [-0.39, 0.29) is 5.75 Å². The summed E-state index contributed by atoms with van der Waals surface area (Å²) in [5, 5.41) is 0. The van der Waals surface area contributed by atoms with Gasteiger partial charge in [0, 0.05) is 3.58 Å². The molecular formula is C11H13IO2S. The maximum Gasteiger partial charge on any atom is 0.182 e. The molecule has 0 aromatic heterocycles. The minimum Gasteiger partial charge on any atom is -0.223 e. The zero-order valence-electron chi connectivity index (χ0n) is 8.70. The normalized spacial score (nSPS) is 12.9. The molecule has 2 nitrogen and oxygen atoms in total. The Labute approximate surface area is 104 Å². The molecule has 4 heteroatoms. The smallest absolute Gasteiger partial charge is 0.182 e. The average Bonchev–Trinajstić information content (AvgIpc) is 2.17. The third-order valence-electron chi connectivity index (χ3n) is 2.02. The van der Waals surface area contributed by atoms with E-state index < -0.39 is 9.84 Å². The molecule has 0 radical (unpaired) electrons. The maximum atomic E-state index is 11.9. The predicted molar refractivity (Wildman–Crippen MR) is 71.0 cm³/mol. The van der Waals surface area contributed by atoms with E-state index in [4.69, 9.17) is 0 Å². The zero-order chi connectivity index (χ0) is 11.5. The van der Waals surface area contributed by atoms with E-state index >= 15 is 0 Å². The van der Waals surface area contributed by atoms with Gasteiger partial charge in [0.1, 0.15) is 0 Å². The first-order valence-electron chi connectivity index (χ1n) is 4.56. The molecule has 0 N–H and O–H groups in total. The molecule has 0 atom stereocenters. The lowest BCUT2D eigenvalue weighted by atomic mass is 10.2. The lowest BCUT2D eigenvalue weighted by molar-refractivity contribution is 0.599. The van der Waals surface area contributed by atoms with E-state index in [0.29, 0.717) is 4.90 Å². The summed E-state index contributed by atoms with van der Waals surface area (Å²) in [6.07, 6.45) is 1.81. The first-order valence-corrected chi connectivity index (χ1v) is 7.29. The van der Waals surface area contributed by atoms with Gasteiger partial charge in [-0.25, -0.2) is 8.42 Å². The van der Waals surface area contributed by atoms with Gasteiger partial charge < -0.3 is 0 Å². The van der Waals surface area contributed by atoms with Crippen LogP contribution in [0.4, 0.5) is 0 Å². The van der Waals surface area contributed by atoms with Crippen molar-refractivity contribution in [2.75, 3.05) is 5.75 Å². The lowest BCUT2D eigenvalue weighted by Gasteiger charge is -2.03. The fourth-order valence-corrected chi connectivity index (χ4v) is 3.57. The Balaban J connectivity index is 3.02. The van der Waals surface area contributed by atoms with Crippen LogP contribution in [0.15, 0.2) is 38.8 Å². The van der Waals surface area contributed by atoms with Crippen LogP contribution in [-0.4, -0.2) is 14.2 Å². The summed E-state index contributed by atoms with van der Waals surface area (Å²) in [4.78, 5) is 0.393. The molecule has 15 heavy (non-hydrogen) atoms. The van der Waals surface area contributed by atoms with Crippen molar-refractivity contribution in [1.82, 2.24) is 0 Å². The number of hydrogen-bond donors (Lipinski definition) is 0. The Hall–Kier alpha value is -0.360. The van der Waals surface area contributed by atoms with Gasteiger partial charge in [0.05, 0.1) is 10.6 Å². The van der Waals surface area contributed by atoms with Gasteiger partial charge in [-0.05, 0) is 48.6 Å². The van der Waals surface area contributed by atoms with Crippen molar-refractivity contribution >= 4 is 32.4 Å². The molecule has 82 valence electrons. The minimum atomic E-state index is -3.16. The van der Waals surface area contributed by atoms with Gasteiger partial charge in [0.15, 0.2) is 9.84 Å². The molecule has 0 aliphatic carbocycles. The monoisotopic (exact) mass is 336 g/mol. The van der Waals surface area contributed by atoms with Gasteiger partial charge in [-0.2, -0.15) is 0 Å². The molecule has 1 aromatic carbocycles. The molecule has 0 spiro atoms. The highest BCUT2D eigenvalue weighted by Gasteiger charge is 2.14. The molecule has 1 aromatic rings. The quantitative estimate of drug-likeness (QED) is 0.795. The second-order valence-corrected chi connectivity index (χ2v) is 6.68. The highest BCUT2D eigenvalue weighted by atomic mass is 127. The Morgan fingerprint density at radius 1 is 1.33 bits per heavy atom. The van der Waals surface area contributed by atoms with Crippen LogP contribution in [0.5, 0.6) is 0 Å². The third-order valence-corrected chi connectivity index (χ3v) is 5.22. The number of sulfone groups is 1. The average molecular weight is 336 g/mol. The molecular weight excluding hydrogens is 323 g/mol. The number of aryl methyl sites for hydroxylation is 1. The molecule has 0 fully saturated rings. The molecule has 0 saturated heterocycles. The van der Waals surface area contributed by atoms with Crippen LogP contribution in [-0.2, 0) is 9.84 Å². The second kappa shape index (κ2) is 5.12. The summed E-state index contributed by atoms with van der Waals surface area (Å²) in [5.74, 6) is 0.0904. The summed E-state index contributed by atoms with van der Waals surface area (Å²) in [7, 11) is -3.16. The Morgan fingerprint density at radius 2 is 1.87 bits per heavy atom. The molecule has 0 saturated carbocycles. The van der Waals surface area contributed by atoms with Crippen molar-refractivity contribution in [3.8, 4) is 0 Å². The van der Waals surface area contributed by atoms with Crippen molar-refractivity contribution in [2.24, 2.45) is 0 Å². The highest BCUT2D eigenvalue weighted by molar-refractivity contribution is 14.1. The third kappa shape index (κ3) is 3.61. The highest BCUT2D eigenvalue weighted by Crippen LogP contribution is 2.17. The van der Waals surface area contributed by atoms with Crippen molar-refractivity contribution in [1.29, 1.82) is 0 Å². The summed E-state index contributed by atoms with van der Waals surface area (Å²) in [6.45, 7) is 3.78. The number of allylic oxidation sites excluding steroid dienone is 1. The van der Waals surface area contributed by atoms with Crippen LogP contribution < -0.4 is 0 Å².